The number of hydrogen-bond donors (Lipinski definition) is 2. The van der Waals surface area contributed by atoms with Gasteiger partial charge >= 0.3 is 0 Å². The largest absolute Gasteiger partial charge is 0.495 e. The van der Waals surface area contributed by atoms with Crippen LogP contribution in [0.2, 0.25) is 5.02 Å². The molecule has 28 heavy (non-hydrogen) atoms. The van der Waals surface area contributed by atoms with Gasteiger partial charge in [0, 0.05) is 10.6 Å². The fourth-order valence-electron chi connectivity index (χ4n) is 2.50. The van der Waals surface area contributed by atoms with Crippen LogP contribution < -0.4 is 15.5 Å². The van der Waals surface area contributed by atoms with Gasteiger partial charge in [-0.1, -0.05) is 35.9 Å². The average Bonchev–Trinajstić information content (AvgIpc) is 3.17. The number of para-hydroxylation sites is 2. The minimum atomic E-state index is -0.292. The number of methoxy groups -OCH3 is 1. The summed E-state index contributed by atoms with van der Waals surface area (Å²) in [7, 11) is 1.58. The summed E-state index contributed by atoms with van der Waals surface area (Å²) in [6.45, 7) is 2.00. The minimum absolute atomic E-state index is 0.0585. The Morgan fingerprint density at radius 1 is 1.21 bits per heavy atom. The molecule has 0 atom stereocenters. The highest BCUT2D eigenvalue weighted by Gasteiger charge is 2.06. The number of carbonyl (C=O) groups excluding carboxylic acids is 1. The quantitative estimate of drug-likeness (QED) is 0.455. The number of nitrogens with one attached hydrogen (secondary N) is 2. The average molecular weight is 398 g/mol. The lowest BCUT2D eigenvalue weighted by atomic mass is 10.1. The fraction of sp³-hybridized carbons (Fsp3) is 0.143. The molecule has 0 fully saturated rings. The zero-order valence-corrected chi connectivity index (χ0v) is 16.3. The molecule has 1 amide bonds. The number of rotatable bonds is 7. The number of hydrogen-bond acceptors (Lipinski definition) is 5. The first kappa shape index (κ1) is 19.5. The molecule has 0 saturated carbocycles. The maximum Gasteiger partial charge on any atom is 0.259 e. The van der Waals surface area contributed by atoms with Gasteiger partial charge in [-0.3, -0.25) is 4.79 Å². The van der Waals surface area contributed by atoms with Crippen molar-refractivity contribution < 1.29 is 13.9 Å². The highest BCUT2D eigenvalue weighted by Crippen LogP contribution is 2.26. The Balaban J connectivity index is 1.54. The van der Waals surface area contributed by atoms with Gasteiger partial charge in [0.25, 0.3) is 5.91 Å². The Morgan fingerprint density at radius 3 is 2.82 bits per heavy atom. The summed E-state index contributed by atoms with van der Waals surface area (Å²) in [6, 6.07) is 16.7. The summed E-state index contributed by atoms with van der Waals surface area (Å²) in [6.07, 6.45) is 1.44. The van der Waals surface area contributed by atoms with Crippen molar-refractivity contribution in [1.82, 2.24) is 5.43 Å². The van der Waals surface area contributed by atoms with Crippen LogP contribution in [0, 0.1) is 6.92 Å². The van der Waals surface area contributed by atoms with E-state index in [9.17, 15) is 4.79 Å². The van der Waals surface area contributed by atoms with E-state index >= 15 is 0 Å². The lowest BCUT2D eigenvalue weighted by Crippen LogP contribution is -2.26. The van der Waals surface area contributed by atoms with Gasteiger partial charge in [0.15, 0.2) is 0 Å². The summed E-state index contributed by atoms with van der Waals surface area (Å²) in [5.41, 5.74) is 5.06. The standard InChI is InChI=1S/C21H20ClN3O3/c1-14-7-8-15(11-17(14)22)19-10-9-16(28-19)12-24-25-21(26)13-23-18-5-3-4-6-20(18)27-2/h3-12,23H,13H2,1-2H3,(H,25,26)/b24-12-. The van der Waals surface area contributed by atoms with Crippen LogP contribution in [0.25, 0.3) is 11.3 Å². The number of nitrogens with zero attached hydrogens (tertiary/aromatic N) is 1. The molecule has 6 nitrogen and oxygen atoms in total. The molecule has 2 aromatic carbocycles. The molecule has 7 heteroatoms. The summed E-state index contributed by atoms with van der Waals surface area (Å²) < 4.78 is 10.9. The molecule has 0 aliphatic rings. The normalized spacial score (nSPS) is 10.8. The van der Waals surface area contributed by atoms with E-state index in [2.05, 4.69) is 15.8 Å². The van der Waals surface area contributed by atoms with Crippen molar-refractivity contribution in [3.8, 4) is 17.1 Å². The van der Waals surface area contributed by atoms with E-state index in [-0.39, 0.29) is 12.5 Å². The van der Waals surface area contributed by atoms with Crippen LogP contribution in [0.15, 0.2) is 64.1 Å². The third-order valence-electron chi connectivity index (χ3n) is 4.01. The first-order valence-corrected chi connectivity index (χ1v) is 9.00. The molecule has 0 saturated heterocycles. The van der Waals surface area contributed by atoms with Crippen molar-refractivity contribution in [3.05, 3.63) is 70.9 Å². The van der Waals surface area contributed by atoms with Crippen molar-refractivity contribution in [2.24, 2.45) is 5.10 Å². The van der Waals surface area contributed by atoms with E-state index in [4.69, 9.17) is 20.8 Å². The minimum Gasteiger partial charge on any atom is -0.495 e. The van der Waals surface area contributed by atoms with Crippen LogP contribution in [-0.4, -0.2) is 25.8 Å². The number of anilines is 1. The van der Waals surface area contributed by atoms with E-state index in [0.717, 1.165) is 16.8 Å². The molecule has 1 aromatic heterocycles. The van der Waals surface area contributed by atoms with Gasteiger partial charge in [-0.2, -0.15) is 5.10 Å². The summed E-state index contributed by atoms with van der Waals surface area (Å²) >= 11 is 6.15. The number of aryl methyl sites for hydroxylation is 1. The molecule has 2 N–H and O–H groups in total. The maximum absolute atomic E-state index is 11.9. The highest BCUT2D eigenvalue weighted by molar-refractivity contribution is 6.31. The molecule has 0 spiro atoms. The molecule has 0 aliphatic heterocycles. The molecule has 0 bridgehead atoms. The Morgan fingerprint density at radius 2 is 2.04 bits per heavy atom. The first-order chi connectivity index (χ1) is 13.6. The van der Waals surface area contributed by atoms with E-state index < -0.39 is 0 Å². The van der Waals surface area contributed by atoms with Crippen molar-refractivity contribution >= 4 is 29.4 Å². The number of furan rings is 1. The van der Waals surface area contributed by atoms with Crippen LogP contribution in [0.3, 0.4) is 0 Å². The molecule has 0 aliphatic carbocycles. The topological polar surface area (TPSA) is 75.9 Å². The number of amides is 1. The van der Waals surface area contributed by atoms with Crippen molar-refractivity contribution in [1.29, 1.82) is 0 Å². The Kier molecular flexibility index (Phi) is 6.34. The second-order valence-electron chi connectivity index (χ2n) is 6.01. The van der Waals surface area contributed by atoms with Gasteiger partial charge < -0.3 is 14.5 Å². The fourth-order valence-corrected chi connectivity index (χ4v) is 2.68. The second kappa shape index (κ2) is 9.10. The number of carbonyl (C=O) groups is 1. The number of ether oxygens (including phenoxy) is 1. The highest BCUT2D eigenvalue weighted by atomic mass is 35.5. The van der Waals surface area contributed by atoms with Gasteiger partial charge in [-0.15, -0.1) is 0 Å². The van der Waals surface area contributed by atoms with Crippen LogP contribution in [-0.2, 0) is 4.79 Å². The zero-order chi connectivity index (χ0) is 19.9. The number of hydrazone groups is 1. The molecular weight excluding hydrogens is 378 g/mol. The summed E-state index contributed by atoms with van der Waals surface area (Å²) in [5.74, 6) is 1.56. The SMILES string of the molecule is COc1ccccc1NCC(=O)N/N=C\c1ccc(-c2ccc(C)c(Cl)c2)o1. The summed E-state index contributed by atoms with van der Waals surface area (Å²) in [5, 5.41) is 7.60. The van der Waals surface area contributed by atoms with Crippen molar-refractivity contribution in [2.45, 2.75) is 6.92 Å². The second-order valence-corrected chi connectivity index (χ2v) is 6.42. The lowest BCUT2D eigenvalue weighted by molar-refractivity contribution is -0.119. The van der Waals surface area contributed by atoms with Gasteiger partial charge in [-0.05, 0) is 42.8 Å². The van der Waals surface area contributed by atoms with Gasteiger partial charge in [-0.25, -0.2) is 5.43 Å². The summed E-state index contributed by atoms with van der Waals surface area (Å²) in [4.78, 5) is 11.9. The van der Waals surface area contributed by atoms with Crippen LogP contribution >= 0.6 is 11.6 Å². The molecular formula is C21H20ClN3O3. The third-order valence-corrected chi connectivity index (χ3v) is 4.42. The number of halogens is 1. The lowest BCUT2D eigenvalue weighted by Gasteiger charge is -2.09. The number of benzene rings is 2. The Bertz CT molecular complexity index is 998. The maximum atomic E-state index is 11.9. The molecule has 0 radical (unpaired) electrons. The van der Waals surface area contributed by atoms with Gasteiger partial charge in [0.2, 0.25) is 0 Å². The van der Waals surface area contributed by atoms with E-state index in [1.165, 1.54) is 6.21 Å². The van der Waals surface area contributed by atoms with Crippen LogP contribution in [0.5, 0.6) is 5.75 Å². The molecule has 0 unspecified atom stereocenters. The smallest absolute Gasteiger partial charge is 0.259 e. The predicted molar refractivity (Wildman–Crippen MR) is 111 cm³/mol. The van der Waals surface area contributed by atoms with E-state index in [1.807, 2.05) is 55.5 Å². The zero-order valence-electron chi connectivity index (χ0n) is 15.5. The molecule has 1 heterocycles. The Hall–Kier alpha value is -3.25. The first-order valence-electron chi connectivity index (χ1n) is 8.62. The third kappa shape index (κ3) is 4.92. The van der Waals surface area contributed by atoms with E-state index in [1.54, 1.807) is 13.2 Å². The van der Waals surface area contributed by atoms with Crippen molar-refractivity contribution in [3.63, 3.8) is 0 Å². The monoisotopic (exact) mass is 397 g/mol. The van der Waals surface area contributed by atoms with Crippen molar-refractivity contribution in [2.75, 3.05) is 19.0 Å². The van der Waals surface area contributed by atoms with E-state index in [0.29, 0.717) is 22.3 Å². The van der Waals surface area contributed by atoms with Crippen LogP contribution in [0.1, 0.15) is 11.3 Å². The van der Waals surface area contributed by atoms with Gasteiger partial charge in [0.05, 0.1) is 25.6 Å². The molecule has 3 aromatic rings. The predicted octanol–water partition coefficient (Wildman–Crippen LogP) is 4.48. The Labute approximate surface area is 168 Å². The van der Waals surface area contributed by atoms with Crippen LogP contribution in [0.4, 0.5) is 5.69 Å². The molecule has 3 rings (SSSR count). The van der Waals surface area contributed by atoms with Gasteiger partial charge in [0.1, 0.15) is 17.3 Å². The molecule has 144 valence electrons.